The number of hydrogen-bond acceptors (Lipinski definition) is 3. The van der Waals surface area contributed by atoms with Crippen molar-refractivity contribution in [2.24, 2.45) is 0 Å². The number of benzene rings is 1. The minimum Gasteiger partial charge on any atom is -0.494 e. The van der Waals surface area contributed by atoms with Gasteiger partial charge in [0, 0.05) is 12.6 Å². The van der Waals surface area contributed by atoms with Crippen molar-refractivity contribution in [3.63, 3.8) is 0 Å². The van der Waals surface area contributed by atoms with Crippen molar-refractivity contribution in [1.29, 1.82) is 0 Å². The van der Waals surface area contributed by atoms with Gasteiger partial charge in [-0.2, -0.15) is 0 Å². The Labute approximate surface area is 120 Å². The number of hydrogen-bond donors (Lipinski definition) is 2. The van der Waals surface area contributed by atoms with Crippen molar-refractivity contribution >= 4 is 5.91 Å². The summed E-state index contributed by atoms with van der Waals surface area (Å²) < 4.78 is 5.56. The van der Waals surface area contributed by atoms with Gasteiger partial charge in [0.25, 0.3) is 0 Å². The first-order valence-corrected chi connectivity index (χ1v) is 7.52. The molecule has 1 saturated carbocycles. The molecule has 1 amide bonds. The van der Waals surface area contributed by atoms with Gasteiger partial charge in [-0.05, 0) is 31.4 Å². The summed E-state index contributed by atoms with van der Waals surface area (Å²) >= 11 is 0. The molecule has 110 valence electrons. The molecule has 0 aromatic heterocycles. The van der Waals surface area contributed by atoms with Gasteiger partial charge in [0.1, 0.15) is 5.75 Å². The molecule has 0 atom stereocenters. The van der Waals surface area contributed by atoms with Crippen molar-refractivity contribution in [3.8, 4) is 5.75 Å². The quantitative estimate of drug-likeness (QED) is 0.715. The zero-order chi connectivity index (χ0) is 14.0. The van der Waals surface area contributed by atoms with E-state index in [0.29, 0.717) is 25.7 Å². The van der Waals surface area contributed by atoms with Crippen LogP contribution < -0.4 is 15.4 Å². The topological polar surface area (TPSA) is 50.4 Å². The highest BCUT2D eigenvalue weighted by molar-refractivity contribution is 5.77. The normalized spacial score (nSPS) is 15.2. The molecule has 0 unspecified atom stereocenters. The lowest BCUT2D eigenvalue weighted by Gasteiger charge is -2.11. The third-order valence-electron chi connectivity index (χ3n) is 3.56. The minimum absolute atomic E-state index is 0.0802. The number of para-hydroxylation sites is 1. The summed E-state index contributed by atoms with van der Waals surface area (Å²) in [6.45, 7) is 1.72. The first kappa shape index (κ1) is 14.9. The molecule has 0 radical (unpaired) electrons. The Balaban J connectivity index is 1.47. The molecule has 0 spiro atoms. The molecular weight excluding hydrogens is 252 g/mol. The molecule has 0 saturated heterocycles. The zero-order valence-corrected chi connectivity index (χ0v) is 11.9. The molecule has 1 aromatic rings. The first-order chi connectivity index (χ1) is 9.84. The zero-order valence-electron chi connectivity index (χ0n) is 11.9. The van der Waals surface area contributed by atoms with Crippen molar-refractivity contribution < 1.29 is 9.53 Å². The maximum absolute atomic E-state index is 11.6. The van der Waals surface area contributed by atoms with Crippen LogP contribution in [0.1, 0.15) is 32.1 Å². The van der Waals surface area contributed by atoms with Crippen LogP contribution in [0.25, 0.3) is 0 Å². The second-order valence-electron chi connectivity index (χ2n) is 5.23. The summed E-state index contributed by atoms with van der Waals surface area (Å²) in [5.41, 5.74) is 0. The Morgan fingerprint density at radius 2 is 1.95 bits per heavy atom. The fraction of sp³-hybridized carbons (Fsp3) is 0.562. The largest absolute Gasteiger partial charge is 0.494 e. The van der Waals surface area contributed by atoms with Crippen molar-refractivity contribution in [1.82, 2.24) is 10.6 Å². The van der Waals surface area contributed by atoms with Gasteiger partial charge in [0.15, 0.2) is 0 Å². The van der Waals surface area contributed by atoms with Crippen LogP contribution in [0.5, 0.6) is 5.75 Å². The third kappa shape index (κ3) is 5.61. The van der Waals surface area contributed by atoms with Crippen LogP contribution in [0.4, 0.5) is 0 Å². The second kappa shape index (κ2) is 8.59. The SMILES string of the molecule is O=C(CNC1CCCC1)NCCCOc1ccccc1. The molecule has 2 rings (SSSR count). The smallest absolute Gasteiger partial charge is 0.233 e. The van der Waals surface area contributed by atoms with E-state index in [2.05, 4.69) is 10.6 Å². The van der Waals surface area contributed by atoms with E-state index in [4.69, 9.17) is 4.74 Å². The Kier molecular flexibility index (Phi) is 6.38. The molecule has 4 heteroatoms. The molecule has 0 heterocycles. The monoisotopic (exact) mass is 276 g/mol. The van der Waals surface area contributed by atoms with E-state index in [0.717, 1.165) is 12.2 Å². The highest BCUT2D eigenvalue weighted by Crippen LogP contribution is 2.17. The van der Waals surface area contributed by atoms with Crippen LogP contribution in [0, 0.1) is 0 Å². The molecule has 20 heavy (non-hydrogen) atoms. The third-order valence-corrected chi connectivity index (χ3v) is 3.56. The molecular formula is C16H24N2O2. The van der Waals surface area contributed by atoms with E-state index in [1.807, 2.05) is 30.3 Å². The Morgan fingerprint density at radius 1 is 1.20 bits per heavy atom. The maximum atomic E-state index is 11.6. The van der Waals surface area contributed by atoms with E-state index in [1.54, 1.807) is 0 Å². The lowest BCUT2D eigenvalue weighted by atomic mass is 10.2. The lowest BCUT2D eigenvalue weighted by molar-refractivity contribution is -0.120. The first-order valence-electron chi connectivity index (χ1n) is 7.52. The molecule has 2 N–H and O–H groups in total. The summed E-state index contributed by atoms with van der Waals surface area (Å²) in [4.78, 5) is 11.6. The van der Waals surface area contributed by atoms with Crippen molar-refractivity contribution in [2.75, 3.05) is 19.7 Å². The number of carbonyl (C=O) groups excluding carboxylic acids is 1. The summed E-state index contributed by atoms with van der Waals surface area (Å²) in [6, 6.07) is 10.3. The Morgan fingerprint density at radius 3 is 2.70 bits per heavy atom. The molecule has 0 bridgehead atoms. The molecule has 4 nitrogen and oxygen atoms in total. The molecule has 1 aliphatic rings. The Hall–Kier alpha value is -1.55. The summed E-state index contributed by atoms with van der Waals surface area (Å²) in [5.74, 6) is 0.957. The van der Waals surface area contributed by atoms with Gasteiger partial charge in [-0.3, -0.25) is 4.79 Å². The predicted octanol–water partition coefficient (Wildman–Crippen LogP) is 2.10. The summed E-state index contributed by atoms with van der Waals surface area (Å²) in [5, 5.41) is 6.22. The number of amides is 1. The molecule has 1 aliphatic carbocycles. The van der Waals surface area contributed by atoms with E-state index in [9.17, 15) is 4.79 Å². The van der Waals surface area contributed by atoms with Crippen LogP contribution in [-0.4, -0.2) is 31.6 Å². The molecule has 1 aromatic carbocycles. The average Bonchev–Trinajstić information content (AvgIpc) is 2.99. The highest BCUT2D eigenvalue weighted by atomic mass is 16.5. The number of nitrogens with one attached hydrogen (secondary N) is 2. The molecule has 1 fully saturated rings. The van der Waals surface area contributed by atoms with Crippen LogP contribution in [0.3, 0.4) is 0 Å². The second-order valence-corrected chi connectivity index (χ2v) is 5.23. The fourth-order valence-electron chi connectivity index (χ4n) is 2.44. The van der Waals surface area contributed by atoms with Gasteiger partial charge in [-0.25, -0.2) is 0 Å². The number of carbonyl (C=O) groups is 1. The minimum atomic E-state index is 0.0802. The van der Waals surface area contributed by atoms with Gasteiger partial charge in [0.2, 0.25) is 5.91 Å². The lowest BCUT2D eigenvalue weighted by Crippen LogP contribution is -2.38. The van der Waals surface area contributed by atoms with Gasteiger partial charge in [0.05, 0.1) is 13.2 Å². The van der Waals surface area contributed by atoms with Crippen LogP contribution in [0.15, 0.2) is 30.3 Å². The highest BCUT2D eigenvalue weighted by Gasteiger charge is 2.14. The van der Waals surface area contributed by atoms with E-state index in [-0.39, 0.29) is 5.91 Å². The average molecular weight is 276 g/mol. The van der Waals surface area contributed by atoms with E-state index >= 15 is 0 Å². The van der Waals surface area contributed by atoms with Gasteiger partial charge in [-0.15, -0.1) is 0 Å². The van der Waals surface area contributed by atoms with Gasteiger partial charge in [-0.1, -0.05) is 31.0 Å². The van der Waals surface area contributed by atoms with E-state index < -0.39 is 0 Å². The fourth-order valence-corrected chi connectivity index (χ4v) is 2.44. The van der Waals surface area contributed by atoms with Gasteiger partial charge < -0.3 is 15.4 Å². The standard InChI is InChI=1S/C16H24N2O2/c19-16(13-18-14-7-4-5-8-14)17-11-6-12-20-15-9-2-1-3-10-15/h1-3,9-10,14,18H,4-8,11-13H2,(H,17,19). The van der Waals surface area contributed by atoms with Gasteiger partial charge >= 0.3 is 0 Å². The van der Waals surface area contributed by atoms with E-state index in [1.165, 1.54) is 25.7 Å². The summed E-state index contributed by atoms with van der Waals surface area (Å²) in [7, 11) is 0. The van der Waals surface area contributed by atoms with Crippen LogP contribution in [0.2, 0.25) is 0 Å². The Bertz CT molecular complexity index is 389. The maximum Gasteiger partial charge on any atom is 0.233 e. The number of ether oxygens (including phenoxy) is 1. The predicted molar refractivity (Wildman–Crippen MR) is 79.8 cm³/mol. The van der Waals surface area contributed by atoms with Crippen LogP contribution >= 0.6 is 0 Å². The van der Waals surface area contributed by atoms with Crippen molar-refractivity contribution in [3.05, 3.63) is 30.3 Å². The van der Waals surface area contributed by atoms with Crippen molar-refractivity contribution in [2.45, 2.75) is 38.1 Å². The number of rotatable bonds is 8. The van der Waals surface area contributed by atoms with Crippen LogP contribution in [-0.2, 0) is 4.79 Å². The molecule has 0 aliphatic heterocycles. The summed E-state index contributed by atoms with van der Waals surface area (Å²) in [6.07, 6.45) is 5.81.